The van der Waals surface area contributed by atoms with E-state index in [4.69, 9.17) is 9.83 Å². The lowest BCUT2D eigenvalue weighted by atomic mass is 10.2. The van der Waals surface area contributed by atoms with Gasteiger partial charge in [-0.05, 0) is 24.3 Å². The van der Waals surface area contributed by atoms with Gasteiger partial charge in [-0.25, -0.2) is 4.98 Å². The molecule has 8 heteroatoms. The van der Waals surface area contributed by atoms with Crippen LogP contribution in [-0.4, -0.2) is 33.4 Å². The smallest absolute Gasteiger partial charge is 0.305 e. The highest BCUT2D eigenvalue weighted by molar-refractivity contribution is 7.19. The van der Waals surface area contributed by atoms with E-state index in [2.05, 4.69) is 10.4 Å². The number of nitrogens with one attached hydrogen (secondary N) is 2. The zero-order valence-electron chi connectivity index (χ0n) is 12.3. The molecule has 120 valence electrons. The summed E-state index contributed by atoms with van der Waals surface area (Å²) in [6.07, 6.45) is 1.40. The number of aliphatic hydroxyl groups is 1. The van der Waals surface area contributed by atoms with E-state index in [-0.39, 0.29) is 23.9 Å². The third-order valence-electron chi connectivity index (χ3n) is 3.59. The Bertz CT molecular complexity index is 941. The maximum absolute atomic E-state index is 12.0. The highest BCUT2D eigenvalue weighted by Crippen LogP contribution is 2.32. The molecule has 0 fully saturated rings. The lowest BCUT2D eigenvalue weighted by Crippen LogP contribution is -2.43. The number of benzene rings is 1. The molecule has 3 heterocycles. The van der Waals surface area contributed by atoms with Gasteiger partial charge in [-0.3, -0.25) is 20.6 Å². The van der Waals surface area contributed by atoms with Crippen LogP contribution in [-0.2, 0) is 0 Å². The quantitative estimate of drug-likeness (QED) is 0.680. The summed E-state index contributed by atoms with van der Waals surface area (Å²) in [7, 11) is 0. The van der Waals surface area contributed by atoms with Crippen LogP contribution in [0, 0.1) is 5.41 Å². The van der Waals surface area contributed by atoms with Gasteiger partial charge in [0.05, 0.1) is 28.6 Å². The number of nitrogens with zero attached hydrogens (tertiary/aromatic N) is 2. The number of para-hydroxylation sites is 1. The minimum atomic E-state index is -0.483. The van der Waals surface area contributed by atoms with Crippen molar-refractivity contribution in [3.63, 3.8) is 0 Å². The highest BCUT2D eigenvalue weighted by Gasteiger charge is 2.32. The SMILES string of the molecule is N=C1C(c2nc3ccccc3s2)=C(O)CN1NC(=O)c1ccco1. The lowest BCUT2D eigenvalue weighted by molar-refractivity contribution is 0.0845. The monoisotopic (exact) mass is 340 g/mol. The summed E-state index contributed by atoms with van der Waals surface area (Å²) in [5.41, 5.74) is 3.68. The summed E-state index contributed by atoms with van der Waals surface area (Å²) in [5.74, 6) is -0.357. The average molecular weight is 340 g/mol. The first kappa shape index (κ1) is 14.5. The van der Waals surface area contributed by atoms with E-state index in [1.165, 1.54) is 28.7 Å². The molecule has 7 nitrogen and oxygen atoms in total. The molecule has 3 aromatic rings. The van der Waals surface area contributed by atoms with Crippen molar-refractivity contribution in [2.45, 2.75) is 0 Å². The van der Waals surface area contributed by atoms with Crippen molar-refractivity contribution < 1.29 is 14.3 Å². The van der Waals surface area contributed by atoms with Crippen molar-refractivity contribution in [3.05, 3.63) is 59.2 Å². The number of amides is 1. The summed E-state index contributed by atoms with van der Waals surface area (Å²) in [6.45, 7) is 0.0105. The molecule has 1 aliphatic rings. The fourth-order valence-corrected chi connectivity index (χ4v) is 3.50. The van der Waals surface area contributed by atoms with Crippen molar-refractivity contribution in [1.29, 1.82) is 5.41 Å². The van der Waals surface area contributed by atoms with Gasteiger partial charge >= 0.3 is 5.91 Å². The Morgan fingerprint density at radius 3 is 2.92 bits per heavy atom. The minimum Gasteiger partial charge on any atom is -0.509 e. The fraction of sp³-hybridized carbons (Fsp3) is 0.0625. The Kier molecular flexibility index (Phi) is 3.31. The highest BCUT2D eigenvalue weighted by atomic mass is 32.1. The molecule has 0 saturated carbocycles. The number of amidine groups is 1. The standard InChI is InChI=1S/C16H12N4O3S/c17-14-13(16-18-9-4-1-2-6-12(9)24-16)10(21)8-20(14)19-15(22)11-5-3-7-23-11/h1-7,17,21H,8H2,(H,19,22). The molecule has 24 heavy (non-hydrogen) atoms. The second-order valence-electron chi connectivity index (χ2n) is 5.16. The number of carbonyl (C=O) groups is 1. The average Bonchev–Trinajstić information content (AvgIpc) is 3.27. The summed E-state index contributed by atoms with van der Waals surface area (Å²) >= 11 is 1.39. The van der Waals surface area contributed by atoms with Gasteiger partial charge in [0.2, 0.25) is 0 Å². The van der Waals surface area contributed by atoms with Crippen molar-refractivity contribution in [3.8, 4) is 0 Å². The third kappa shape index (κ3) is 2.33. The Morgan fingerprint density at radius 1 is 1.33 bits per heavy atom. The number of hydrogen-bond donors (Lipinski definition) is 3. The first-order valence-corrected chi connectivity index (χ1v) is 7.94. The largest absolute Gasteiger partial charge is 0.509 e. The molecule has 0 atom stereocenters. The van der Waals surface area contributed by atoms with Crippen LogP contribution in [0.1, 0.15) is 15.6 Å². The summed E-state index contributed by atoms with van der Waals surface area (Å²) < 4.78 is 5.99. The molecule has 2 aromatic heterocycles. The molecule has 0 aliphatic carbocycles. The maximum Gasteiger partial charge on any atom is 0.305 e. The third-order valence-corrected chi connectivity index (χ3v) is 4.65. The minimum absolute atomic E-state index is 0.00111. The Labute approximate surface area is 140 Å². The number of fused-ring (bicyclic) bond motifs is 1. The molecule has 0 unspecified atom stereocenters. The Balaban J connectivity index is 1.59. The molecule has 0 saturated heterocycles. The van der Waals surface area contributed by atoms with Crippen molar-refractivity contribution in [2.75, 3.05) is 6.54 Å². The van der Waals surface area contributed by atoms with Crippen LogP contribution >= 0.6 is 11.3 Å². The molecule has 0 spiro atoms. The molecule has 3 N–H and O–H groups in total. The van der Waals surface area contributed by atoms with Crippen LogP contribution < -0.4 is 5.43 Å². The van der Waals surface area contributed by atoms with Crippen LogP contribution in [0.2, 0.25) is 0 Å². The van der Waals surface area contributed by atoms with E-state index in [1.807, 2.05) is 24.3 Å². The molecular formula is C16H12N4O3S. The fourth-order valence-electron chi connectivity index (χ4n) is 2.46. The number of aromatic nitrogens is 1. The summed E-state index contributed by atoms with van der Waals surface area (Å²) in [6, 6.07) is 10.7. The van der Waals surface area contributed by atoms with Gasteiger partial charge in [-0.2, -0.15) is 0 Å². The van der Waals surface area contributed by atoms with Gasteiger partial charge < -0.3 is 9.52 Å². The number of hydrazine groups is 1. The molecule has 1 aromatic carbocycles. The van der Waals surface area contributed by atoms with Gasteiger partial charge in [0.15, 0.2) is 11.6 Å². The zero-order chi connectivity index (χ0) is 16.7. The van der Waals surface area contributed by atoms with Crippen molar-refractivity contribution >= 4 is 38.9 Å². The zero-order valence-corrected chi connectivity index (χ0v) is 13.1. The lowest BCUT2D eigenvalue weighted by Gasteiger charge is -2.18. The first-order valence-electron chi connectivity index (χ1n) is 7.12. The summed E-state index contributed by atoms with van der Waals surface area (Å²) in [5, 5.41) is 20.3. The van der Waals surface area contributed by atoms with E-state index in [0.29, 0.717) is 10.6 Å². The van der Waals surface area contributed by atoms with Crippen LogP contribution in [0.25, 0.3) is 15.8 Å². The van der Waals surface area contributed by atoms with Gasteiger partial charge in [0.1, 0.15) is 10.8 Å². The number of furan rings is 1. The van der Waals surface area contributed by atoms with Gasteiger partial charge in [-0.15, -0.1) is 11.3 Å². The predicted molar refractivity (Wildman–Crippen MR) is 89.8 cm³/mol. The normalized spacial score (nSPS) is 14.7. The van der Waals surface area contributed by atoms with E-state index >= 15 is 0 Å². The van der Waals surface area contributed by atoms with Crippen LogP contribution in [0.5, 0.6) is 0 Å². The predicted octanol–water partition coefficient (Wildman–Crippen LogP) is 2.80. The molecule has 0 radical (unpaired) electrons. The van der Waals surface area contributed by atoms with E-state index in [9.17, 15) is 9.90 Å². The summed E-state index contributed by atoms with van der Waals surface area (Å²) in [4.78, 5) is 16.5. The van der Waals surface area contributed by atoms with Gasteiger partial charge in [0, 0.05) is 0 Å². The molecule has 1 aliphatic heterocycles. The number of carbonyl (C=O) groups excluding carboxylic acids is 1. The number of rotatable bonds is 3. The Morgan fingerprint density at radius 2 is 2.17 bits per heavy atom. The molecule has 4 rings (SSSR count). The number of hydrogen-bond acceptors (Lipinski definition) is 6. The van der Waals surface area contributed by atoms with E-state index in [1.54, 1.807) is 6.07 Å². The van der Waals surface area contributed by atoms with Crippen LogP contribution in [0.15, 0.2) is 52.8 Å². The van der Waals surface area contributed by atoms with Gasteiger partial charge in [-0.1, -0.05) is 12.1 Å². The topological polar surface area (TPSA) is 102 Å². The second kappa shape index (κ2) is 5.50. The first-order chi connectivity index (χ1) is 11.6. The van der Waals surface area contributed by atoms with E-state index in [0.717, 1.165) is 10.2 Å². The van der Waals surface area contributed by atoms with Crippen molar-refractivity contribution in [1.82, 2.24) is 15.4 Å². The number of thiazole rings is 1. The molecule has 1 amide bonds. The molecular weight excluding hydrogens is 328 g/mol. The van der Waals surface area contributed by atoms with Crippen LogP contribution in [0.4, 0.5) is 0 Å². The van der Waals surface area contributed by atoms with Gasteiger partial charge in [0.25, 0.3) is 0 Å². The second-order valence-corrected chi connectivity index (χ2v) is 6.19. The van der Waals surface area contributed by atoms with Crippen molar-refractivity contribution in [2.24, 2.45) is 0 Å². The maximum atomic E-state index is 12.0. The van der Waals surface area contributed by atoms with Crippen LogP contribution in [0.3, 0.4) is 0 Å². The van der Waals surface area contributed by atoms with E-state index < -0.39 is 5.91 Å². The molecule has 0 bridgehead atoms. The Hall–Kier alpha value is -3.13. The number of aliphatic hydroxyl groups excluding tert-OH is 1.